The highest BCUT2D eigenvalue weighted by molar-refractivity contribution is 7.98. The number of nitrogens with one attached hydrogen (secondary N) is 1. The molecule has 0 fully saturated rings. The fraction of sp³-hybridized carbons (Fsp3) is 0.636. The summed E-state index contributed by atoms with van der Waals surface area (Å²) >= 11 is 1.77. The summed E-state index contributed by atoms with van der Waals surface area (Å²) in [5.41, 5.74) is 0. The second-order valence-corrected chi connectivity index (χ2v) is 4.55. The van der Waals surface area contributed by atoms with E-state index in [1.807, 2.05) is 6.07 Å². The van der Waals surface area contributed by atoms with Gasteiger partial charge in [0.25, 0.3) is 0 Å². The van der Waals surface area contributed by atoms with Gasteiger partial charge >= 0.3 is 0 Å². The minimum Gasteiger partial charge on any atom is -0.462 e. The van der Waals surface area contributed by atoms with Crippen molar-refractivity contribution in [1.82, 2.24) is 5.32 Å². The Hall–Kier alpha value is -0.490. The Balaban J connectivity index is 2.31. The van der Waals surface area contributed by atoms with Crippen LogP contribution in [0.2, 0.25) is 0 Å². The summed E-state index contributed by atoms with van der Waals surface area (Å²) in [4.78, 5) is 0. The van der Waals surface area contributed by atoms with Crippen LogP contribution in [0.5, 0.6) is 0 Å². The van der Waals surface area contributed by atoms with Gasteiger partial charge in [0.1, 0.15) is 18.1 Å². The summed E-state index contributed by atoms with van der Waals surface area (Å²) < 4.78 is 5.33. The second kappa shape index (κ2) is 7.73. The molecule has 1 heterocycles. The van der Waals surface area contributed by atoms with Crippen LogP contribution in [0, 0.1) is 0 Å². The van der Waals surface area contributed by atoms with E-state index in [1.54, 1.807) is 17.8 Å². The van der Waals surface area contributed by atoms with Gasteiger partial charge in [-0.3, -0.25) is 0 Å². The molecule has 0 aliphatic rings. The average molecular weight is 245 g/mol. The minimum absolute atomic E-state index is 0.0735. The summed E-state index contributed by atoms with van der Waals surface area (Å²) in [5, 5.41) is 21.2. The topological polar surface area (TPSA) is 65.6 Å². The first kappa shape index (κ1) is 13.6. The molecule has 0 radical (unpaired) electrons. The van der Waals surface area contributed by atoms with Crippen LogP contribution in [0.1, 0.15) is 17.9 Å². The molecule has 3 N–H and O–H groups in total. The van der Waals surface area contributed by atoms with Crippen LogP contribution in [0.15, 0.2) is 16.5 Å². The first-order chi connectivity index (χ1) is 7.80. The van der Waals surface area contributed by atoms with Crippen molar-refractivity contribution in [2.75, 3.05) is 18.6 Å². The number of thioether (sulfide) groups is 1. The van der Waals surface area contributed by atoms with Gasteiger partial charge in [-0.25, -0.2) is 0 Å². The van der Waals surface area contributed by atoms with Gasteiger partial charge < -0.3 is 19.9 Å². The molecule has 0 aliphatic heterocycles. The maximum Gasteiger partial charge on any atom is 0.129 e. The normalized spacial score (nSPS) is 12.9. The smallest absolute Gasteiger partial charge is 0.129 e. The molecular weight excluding hydrogens is 226 g/mol. The molecule has 0 spiro atoms. The molecule has 1 atom stereocenters. The molecule has 1 rings (SSSR count). The van der Waals surface area contributed by atoms with Crippen LogP contribution in [-0.4, -0.2) is 34.9 Å². The van der Waals surface area contributed by atoms with Gasteiger partial charge in [-0.2, -0.15) is 11.8 Å². The number of rotatable bonds is 8. The lowest BCUT2D eigenvalue weighted by atomic mass is 10.2. The van der Waals surface area contributed by atoms with E-state index in [1.165, 1.54) is 0 Å². The van der Waals surface area contributed by atoms with Gasteiger partial charge in [0.2, 0.25) is 0 Å². The Morgan fingerprint density at radius 1 is 1.38 bits per heavy atom. The molecule has 0 aliphatic carbocycles. The SMILES string of the molecule is CSCCC(CO)NCc1ccc(CO)o1. The van der Waals surface area contributed by atoms with E-state index in [9.17, 15) is 0 Å². The van der Waals surface area contributed by atoms with Crippen LogP contribution in [0.4, 0.5) is 0 Å². The predicted octanol–water partition coefficient (Wildman–Crippen LogP) is 0.976. The maximum atomic E-state index is 9.14. The quantitative estimate of drug-likeness (QED) is 0.637. The predicted molar refractivity (Wildman–Crippen MR) is 65.3 cm³/mol. The summed E-state index contributed by atoms with van der Waals surface area (Å²) in [6.07, 6.45) is 2.99. The highest BCUT2D eigenvalue weighted by Gasteiger charge is 2.07. The van der Waals surface area contributed by atoms with Crippen molar-refractivity contribution in [3.63, 3.8) is 0 Å². The van der Waals surface area contributed by atoms with Crippen molar-refractivity contribution in [2.24, 2.45) is 0 Å². The molecule has 92 valence electrons. The minimum atomic E-state index is -0.0735. The Morgan fingerprint density at radius 2 is 2.12 bits per heavy atom. The van der Waals surface area contributed by atoms with Crippen LogP contribution in [-0.2, 0) is 13.2 Å². The standard InChI is InChI=1S/C11H19NO3S/c1-16-5-4-9(7-13)12-6-10-2-3-11(8-14)15-10/h2-3,9,12-14H,4-8H2,1H3. The summed E-state index contributed by atoms with van der Waals surface area (Å²) in [7, 11) is 0. The van der Waals surface area contributed by atoms with E-state index < -0.39 is 0 Å². The van der Waals surface area contributed by atoms with Crippen molar-refractivity contribution < 1.29 is 14.6 Å². The molecular formula is C11H19NO3S. The van der Waals surface area contributed by atoms with Gasteiger partial charge in [-0.15, -0.1) is 0 Å². The van der Waals surface area contributed by atoms with E-state index in [2.05, 4.69) is 11.6 Å². The second-order valence-electron chi connectivity index (χ2n) is 3.57. The number of hydrogen-bond donors (Lipinski definition) is 3. The Kier molecular flexibility index (Phi) is 6.56. The molecule has 0 amide bonds. The zero-order valence-corrected chi connectivity index (χ0v) is 10.3. The third-order valence-electron chi connectivity index (χ3n) is 2.33. The molecule has 0 bridgehead atoms. The summed E-state index contributed by atoms with van der Waals surface area (Å²) in [6, 6.07) is 3.70. The van der Waals surface area contributed by atoms with Crippen molar-refractivity contribution in [3.8, 4) is 0 Å². The van der Waals surface area contributed by atoms with E-state index in [0.29, 0.717) is 12.3 Å². The van der Waals surface area contributed by atoms with Crippen molar-refractivity contribution in [1.29, 1.82) is 0 Å². The lowest BCUT2D eigenvalue weighted by molar-refractivity contribution is 0.229. The number of hydrogen-bond acceptors (Lipinski definition) is 5. The summed E-state index contributed by atoms with van der Waals surface area (Å²) in [6.45, 7) is 0.642. The van der Waals surface area contributed by atoms with Crippen LogP contribution in [0.3, 0.4) is 0 Å². The van der Waals surface area contributed by atoms with E-state index in [-0.39, 0.29) is 19.3 Å². The maximum absolute atomic E-state index is 9.14. The third kappa shape index (κ3) is 4.57. The third-order valence-corrected chi connectivity index (χ3v) is 2.97. The zero-order chi connectivity index (χ0) is 11.8. The Bertz CT molecular complexity index is 291. The van der Waals surface area contributed by atoms with Crippen molar-refractivity contribution in [3.05, 3.63) is 23.7 Å². The van der Waals surface area contributed by atoms with Gasteiger partial charge in [0.05, 0.1) is 13.2 Å². The highest BCUT2D eigenvalue weighted by atomic mass is 32.2. The van der Waals surface area contributed by atoms with Crippen molar-refractivity contribution in [2.45, 2.75) is 25.6 Å². The van der Waals surface area contributed by atoms with Crippen LogP contribution >= 0.6 is 11.8 Å². The van der Waals surface area contributed by atoms with Gasteiger partial charge in [0, 0.05) is 6.04 Å². The van der Waals surface area contributed by atoms with Gasteiger partial charge in [0.15, 0.2) is 0 Å². The highest BCUT2D eigenvalue weighted by Crippen LogP contribution is 2.08. The molecule has 0 saturated carbocycles. The largest absolute Gasteiger partial charge is 0.462 e. The summed E-state index contributed by atoms with van der Waals surface area (Å²) in [5.74, 6) is 2.38. The molecule has 1 aromatic heterocycles. The lowest BCUT2D eigenvalue weighted by Gasteiger charge is -2.14. The first-order valence-corrected chi connectivity index (χ1v) is 6.71. The lowest BCUT2D eigenvalue weighted by Crippen LogP contribution is -2.32. The average Bonchev–Trinajstić information content (AvgIpc) is 2.77. The molecule has 0 saturated heterocycles. The fourth-order valence-electron chi connectivity index (χ4n) is 1.37. The number of aliphatic hydroxyl groups is 2. The molecule has 1 unspecified atom stereocenters. The first-order valence-electron chi connectivity index (χ1n) is 5.31. The van der Waals surface area contributed by atoms with Crippen LogP contribution < -0.4 is 5.32 Å². The Morgan fingerprint density at radius 3 is 2.69 bits per heavy atom. The van der Waals surface area contributed by atoms with Crippen LogP contribution in [0.25, 0.3) is 0 Å². The van der Waals surface area contributed by atoms with E-state index >= 15 is 0 Å². The number of furan rings is 1. The van der Waals surface area contributed by atoms with Gasteiger partial charge in [-0.05, 0) is 30.6 Å². The van der Waals surface area contributed by atoms with E-state index in [0.717, 1.165) is 17.9 Å². The molecule has 1 aromatic rings. The zero-order valence-electron chi connectivity index (χ0n) is 9.48. The van der Waals surface area contributed by atoms with Gasteiger partial charge in [-0.1, -0.05) is 0 Å². The van der Waals surface area contributed by atoms with Crippen molar-refractivity contribution >= 4 is 11.8 Å². The Labute approximate surface area is 100 Å². The molecule has 5 heteroatoms. The number of aliphatic hydroxyl groups excluding tert-OH is 2. The molecule has 0 aromatic carbocycles. The monoisotopic (exact) mass is 245 g/mol. The van der Waals surface area contributed by atoms with E-state index in [4.69, 9.17) is 14.6 Å². The fourth-order valence-corrected chi connectivity index (χ4v) is 1.89. The molecule has 4 nitrogen and oxygen atoms in total. The molecule has 16 heavy (non-hydrogen) atoms.